The molecule has 0 N–H and O–H groups in total. The first-order chi connectivity index (χ1) is 14.1. The Bertz CT molecular complexity index is 1160. The number of aromatic nitrogens is 2. The third kappa shape index (κ3) is 4.38. The average molecular weight is 408 g/mol. The number of fused-ring (bicyclic) bond motifs is 1. The Kier molecular flexibility index (Phi) is 5.44. The van der Waals surface area contributed by atoms with Gasteiger partial charge in [0.05, 0.1) is 11.6 Å². The zero-order valence-corrected chi connectivity index (χ0v) is 16.5. The van der Waals surface area contributed by atoms with E-state index >= 15 is 0 Å². The lowest BCUT2D eigenvalue weighted by atomic mass is 10.1. The normalized spacial score (nSPS) is 10.8. The maximum absolute atomic E-state index is 12.4. The summed E-state index contributed by atoms with van der Waals surface area (Å²) in [4.78, 5) is 18.2. The third-order valence-electron chi connectivity index (χ3n) is 4.46. The molecule has 0 bridgehead atoms. The molecule has 0 aliphatic heterocycles. The predicted octanol–water partition coefficient (Wildman–Crippen LogP) is 4.58. The quantitative estimate of drug-likeness (QED) is 0.468. The summed E-state index contributed by atoms with van der Waals surface area (Å²) in [6.07, 6.45) is 0. The molecule has 7 heteroatoms. The molecule has 0 radical (unpaired) electrons. The number of hydrogen-bond donors (Lipinski definition) is 0. The minimum Gasteiger partial charge on any atom is -0.484 e. The summed E-state index contributed by atoms with van der Waals surface area (Å²) >= 11 is 6.16. The van der Waals surface area contributed by atoms with Crippen molar-refractivity contribution in [2.75, 3.05) is 13.7 Å². The molecule has 1 amide bonds. The standard InChI is InChI=1S/C22H18ClN3O3/c1-26(13-20-24-22(25-29-20)18-8-4-5-9-19(18)23)21(27)14-28-17-11-10-15-6-2-3-7-16(15)12-17/h2-12H,13-14H2,1H3. The molecule has 4 aromatic rings. The van der Waals surface area contributed by atoms with Crippen LogP contribution in [0.3, 0.4) is 0 Å². The first-order valence-corrected chi connectivity index (χ1v) is 9.41. The number of benzene rings is 3. The number of ether oxygens (including phenoxy) is 1. The molecular formula is C22H18ClN3O3. The van der Waals surface area contributed by atoms with E-state index in [9.17, 15) is 4.79 Å². The monoisotopic (exact) mass is 407 g/mol. The minimum atomic E-state index is -0.198. The molecule has 0 atom stereocenters. The highest BCUT2D eigenvalue weighted by molar-refractivity contribution is 6.33. The summed E-state index contributed by atoms with van der Waals surface area (Å²) in [7, 11) is 1.66. The summed E-state index contributed by atoms with van der Waals surface area (Å²) in [6.45, 7) is 0.0950. The highest BCUT2D eigenvalue weighted by Gasteiger charge is 2.16. The van der Waals surface area contributed by atoms with Crippen LogP contribution in [0, 0.1) is 0 Å². The van der Waals surface area contributed by atoms with Gasteiger partial charge in [-0.15, -0.1) is 0 Å². The lowest BCUT2D eigenvalue weighted by Crippen LogP contribution is -2.31. The second kappa shape index (κ2) is 8.32. The van der Waals surface area contributed by atoms with Crippen LogP contribution in [0.5, 0.6) is 5.75 Å². The Labute approximate surface area is 172 Å². The second-order valence-corrected chi connectivity index (χ2v) is 6.95. The molecule has 29 heavy (non-hydrogen) atoms. The van der Waals surface area contributed by atoms with Gasteiger partial charge in [-0.3, -0.25) is 4.79 Å². The molecule has 0 saturated heterocycles. The van der Waals surface area contributed by atoms with Crippen LogP contribution in [0.25, 0.3) is 22.2 Å². The molecule has 3 aromatic carbocycles. The van der Waals surface area contributed by atoms with Crippen molar-refractivity contribution in [3.8, 4) is 17.1 Å². The van der Waals surface area contributed by atoms with Crippen LogP contribution in [-0.4, -0.2) is 34.6 Å². The fourth-order valence-electron chi connectivity index (χ4n) is 2.87. The number of nitrogens with zero attached hydrogens (tertiary/aromatic N) is 3. The summed E-state index contributed by atoms with van der Waals surface area (Å²) in [6, 6.07) is 20.9. The van der Waals surface area contributed by atoms with Crippen molar-refractivity contribution >= 4 is 28.3 Å². The topological polar surface area (TPSA) is 68.5 Å². The molecule has 6 nitrogen and oxygen atoms in total. The van der Waals surface area contributed by atoms with Crippen molar-refractivity contribution in [3.05, 3.63) is 77.6 Å². The molecule has 146 valence electrons. The van der Waals surface area contributed by atoms with Crippen LogP contribution in [0.15, 0.2) is 71.3 Å². The van der Waals surface area contributed by atoms with Gasteiger partial charge in [-0.25, -0.2) is 0 Å². The van der Waals surface area contributed by atoms with Gasteiger partial charge in [0, 0.05) is 12.6 Å². The molecule has 0 unspecified atom stereocenters. The van der Waals surface area contributed by atoms with Crippen LogP contribution in [-0.2, 0) is 11.3 Å². The highest BCUT2D eigenvalue weighted by Crippen LogP contribution is 2.25. The lowest BCUT2D eigenvalue weighted by Gasteiger charge is -2.15. The van der Waals surface area contributed by atoms with Crippen molar-refractivity contribution in [1.29, 1.82) is 0 Å². The van der Waals surface area contributed by atoms with Crippen LogP contribution in [0.1, 0.15) is 5.89 Å². The Hall–Kier alpha value is -3.38. The fourth-order valence-corrected chi connectivity index (χ4v) is 3.09. The summed E-state index contributed by atoms with van der Waals surface area (Å²) in [5, 5.41) is 6.66. The van der Waals surface area contributed by atoms with Gasteiger partial charge in [-0.2, -0.15) is 4.98 Å². The van der Waals surface area contributed by atoms with Gasteiger partial charge in [0.2, 0.25) is 11.7 Å². The molecule has 0 aliphatic carbocycles. The van der Waals surface area contributed by atoms with E-state index < -0.39 is 0 Å². The molecule has 0 fully saturated rings. The number of carbonyl (C=O) groups is 1. The predicted molar refractivity (Wildman–Crippen MR) is 111 cm³/mol. The number of amides is 1. The van der Waals surface area contributed by atoms with Gasteiger partial charge < -0.3 is 14.2 Å². The van der Waals surface area contributed by atoms with E-state index in [0.717, 1.165) is 10.8 Å². The van der Waals surface area contributed by atoms with E-state index in [1.165, 1.54) is 4.90 Å². The van der Waals surface area contributed by atoms with Crippen LogP contribution < -0.4 is 4.74 Å². The van der Waals surface area contributed by atoms with Gasteiger partial charge in [0.1, 0.15) is 5.75 Å². The van der Waals surface area contributed by atoms with Crippen LogP contribution >= 0.6 is 11.6 Å². The van der Waals surface area contributed by atoms with Crippen LogP contribution in [0.2, 0.25) is 5.02 Å². The van der Waals surface area contributed by atoms with E-state index in [1.54, 1.807) is 13.1 Å². The van der Waals surface area contributed by atoms with Crippen molar-refractivity contribution in [2.24, 2.45) is 0 Å². The molecule has 0 spiro atoms. The van der Waals surface area contributed by atoms with Crippen molar-refractivity contribution < 1.29 is 14.1 Å². The Morgan fingerprint density at radius 3 is 2.66 bits per heavy atom. The van der Waals surface area contributed by atoms with E-state index in [2.05, 4.69) is 10.1 Å². The largest absolute Gasteiger partial charge is 0.484 e. The van der Waals surface area contributed by atoms with Crippen molar-refractivity contribution in [1.82, 2.24) is 15.0 Å². The first kappa shape index (κ1) is 19.0. The van der Waals surface area contributed by atoms with Gasteiger partial charge in [0.15, 0.2) is 6.61 Å². The van der Waals surface area contributed by atoms with Gasteiger partial charge in [-0.05, 0) is 35.0 Å². The number of carbonyl (C=O) groups excluding carboxylic acids is 1. The van der Waals surface area contributed by atoms with Gasteiger partial charge in [-0.1, -0.05) is 59.2 Å². The SMILES string of the molecule is CN(Cc1nc(-c2ccccc2Cl)no1)C(=O)COc1ccc2ccccc2c1. The summed E-state index contributed by atoms with van der Waals surface area (Å²) in [5.74, 6) is 1.15. The third-order valence-corrected chi connectivity index (χ3v) is 4.79. The molecular weight excluding hydrogens is 390 g/mol. The van der Waals surface area contributed by atoms with E-state index in [4.69, 9.17) is 20.9 Å². The summed E-state index contributed by atoms with van der Waals surface area (Å²) in [5.41, 5.74) is 0.679. The molecule has 1 heterocycles. The molecule has 1 aromatic heterocycles. The van der Waals surface area contributed by atoms with Crippen molar-refractivity contribution in [3.63, 3.8) is 0 Å². The number of hydrogen-bond acceptors (Lipinski definition) is 5. The minimum absolute atomic E-state index is 0.0830. The Morgan fingerprint density at radius 1 is 1.07 bits per heavy atom. The van der Waals surface area contributed by atoms with E-state index in [-0.39, 0.29) is 19.1 Å². The zero-order valence-electron chi connectivity index (χ0n) is 15.7. The Balaban J connectivity index is 1.36. The van der Waals surface area contributed by atoms with Gasteiger partial charge in [0.25, 0.3) is 5.91 Å². The molecule has 0 aliphatic rings. The van der Waals surface area contributed by atoms with Crippen LogP contribution in [0.4, 0.5) is 0 Å². The first-order valence-electron chi connectivity index (χ1n) is 9.03. The highest BCUT2D eigenvalue weighted by atomic mass is 35.5. The Morgan fingerprint density at radius 2 is 1.83 bits per heavy atom. The zero-order chi connectivity index (χ0) is 20.2. The maximum Gasteiger partial charge on any atom is 0.260 e. The van der Waals surface area contributed by atoms with E-state index in [1.807, 2.05) is 60.7 Å². The van der Waals surface area contributed by atoms with Crippen molar-refractivity contribution in [2.45, 2.75) is 6.54 Å². The average Bonchev–Trinajstić information content (AvgIpc) is 3.20. The fraction of sp³-hybridized carbons (Fsp3) is 0.136. The molecule has 4 rings (SSSR count). The van der Waals surface area contributed by atoms with E-state index in [0.29, 0.717) is 28.1 Å². The number of likely N-dealkylation sites (N-methyl/N-ethyl adjacent to an activating group) is 1. The second-order valence-electron chi connectivity index (χ2n) is 6.54. The smallest absolute Gasteiger partial charge is 0.260 e. The number of rotatable bonds is 6. The number of halogens is 1. The maximum atomic E-state index is 12.4. The lowest BCUT2D eigenvalue weighted by molar-refractivity contribution is -0.132. The van der Waals surface area contributed by atoms with Gasteiger partial charge >= 0.3 is 0 Å². The summed E-state index contributed by atoms with van der Waals surface area (Å²) < 4.78 is 10.9. The molecule has 0 saturated carbocycles.